The van der Waals surface area contributed by atoms with E-state index in [1.165, 1.54) is 18.4 Å². The van der Waals surface area contributed by atoms with Gasteiger partial charge in [0.1, 0.15) is 17.7 Å². The SMILES string of the molecule is CCNC(=NCc1ccc(C)cc1OCC1CC1)NCc1ccon1. The molecule has 2 N–H and O–H groups in total. The van der Waals surface area contributed by atoms with Gasteiger partial charge in [-0.25, -0.2) is 4.99 Å². The van der Waals surface area contributed by atoms with Crippen LogP contribution in [0.3, 0.4) is 0 Å². The molecule has 6 nitrogen and oxygen atoms in total. The van der Waals surface area contributed by atoms with E-state index in [0.717, 1.165) is 42.0 Å². The molecular formula is C19H26N4O2. The van der Waals surface area contributed by atoms with Crippen molar-refractivity contribution in [1.29, 1.82) is 0 Å². The number of rotatable bonds is 8. The van der Waals surface area contributed by atoms with E-state index in [1.807, 2.05) is 13.0 Å². The van der Waals surface area contributed by atoms with E-state index in [9.17, 15) is 0 Å². The van der Waals surface area contributed by atoms with Gasteiger partial charge >= 0.3 is 0 Å². The van der Waals surface area contributed by atoms with E-state index in [-0.39, 0.29) is 0 Å². The Bertz CT molecular complexity index is 693. The van der Waals surface area contributed by atoms with Gasteiger partial charge in [0.25, 0.3) is 0 Å². The summed E-state index contributed by atoms with van der Waals surface area (Å²) in [7, 11) is 0. The largest absolute Gasteiger partial charge is 0.493 e. The molecule has 0 atom stereocenters. The Morgan fingerprint density at radius 2 is 2.20 bits per heavy atom. The molecule has 1 saturated carbocycles. The zero-order valence-corrected chi connectivity index (χ0v) is 14.9. The number of hydrogen-bond donors (Lipinski definition) is 2. The smallest absolute Gasteiger partial charge is 0.191 e. The van der Waals surface area contributed by atoms with E-state index in [1.54, 1.807) is 6.26 Å². The average Bonchev–Trinajstić information content (AvgIpc) is 3.30. The molecule has 0 unspecified atom stereocenters. The number of aromatic nitrogens is 1. The molecule has 134 valence electrons. The highest BCUT2D eigenvalue weighted by Crippen LogP contribution is 2.30. The molecule has 2 aromatic rings. The highest BCUT2D eigenvalue weighted by atomic mass is 16.5. The summed E-state index contributed by atoms with van der Waals surface area (Å²) in [4.78, 5) is 4.67. The zero-order valence-electron chi connectivity index (χ0n) is 14.9. The van der Waals surface area contributed by atoms with Crippen LogP contribution in [0.15, 0.2) is 40.0 Å². The first-order valence-electron chi connectivity index (χ1n) is 8.88. The van der Waals surface area contributed by atoms with Gasteiger partial charge in [-0.05, 0) is 44.2 Å². The topological polar surface area (TPSA) is 71.7 Å². The molecule has 0 bridgehead atoms. The number of ether oxygens (including phenoxy) is 1. The Kier molecular flexibility index (Phi) is 5.93. The third kappa shape index (κ3) is 5.52. The Hall–Kier alpha value is -2.50. The molecule has 1 aromatic carbocycles. The summed E-state index contributed by atoms with van der Waals surface area (Å²) in [5, 5.41) is 10.4. The van der Waals surface area contributed by atoms with Crippen molar-refractivity contribution in [3.05, 3.63) is 47.3 Å². The van der Waals surface area contributed by atoms with Crippen molar-refractivity contribution < 1.29 is 9.26 Å². The lowest BCUT2D eigenvalue weighted by atomic mass is 10.1. The quantitative estimate of drug-likeness (QED) is 0.570. The fourth-order valence-corrected chi connectivity index (χ4v) is 2.43. The average molecular weight is 342 g/mol. The van der Waals surface area contributed by atoms with Gasteiger partial charge in [-0.3, -0.25) is 0 Å². The number of nitrogens with one attached hydrogen (secondary N) is 2. The highest BCUT2D eigenvalue weighted by molar-refractivity contribution is 5.79. The van der Waals surface area contributed by atoms with Crippen LogP contribution in [0.4, 0.5) is 0 Å². The van der Waals surface area contributed by atoms with Crippen LogP contribution in [0, 0.1) is 12.8 Å². The first-order valence-corrected chi connectivity index (χ1v) is 8.88. The van der Waals surface area contributed by atoms with E-state index in [2.05, 4.69) is 45.9 Å². The summed E-state index contributed by atoms with van der Waals surface area (Å²) in [5.41, 5.74) is 3.15. The summed E-state index contributed by atoms with van der Waals surface area (Å²) >= 11 is 0. The molecule has 0 aliphatic heterocycles. The minimum atomic E-state index is 0.564. The van der Waals surface area contributed by atoms with Crippen molar-refractivity contribution in [2.24, 2.45) is 10.9 Å². The number of aliphatic imine (C=N–C) groups is 1. The molecule has 0 amide bonds. The number of hydrogen-bond acceptors (Lipinski definition) is 4. The lowest BCUT2D eigenvalue weighted by Gasteiger charge is -2.13. The molecular weight excluding hydrogens is 316 g/mol. The van der Waals surface area contributed by atoms with Crippen LogP contribution in [0.1, 0.15) is 36.6 Å². The van der Waals surface area contributed by atoms with Gasteiger partial charge in [0.2, 0.25) is 0 Å². The van der Waals surface area contributed by atoms with Crippen molar-refractivity contribution in [3.63, 3.8) is 0 Å². The second kappa shape index (κ2) is 8.55. The zero-order chi connectivity index (χ0) is 17.5. The normalized spacial score (nSPS) is 14.4. The van der Waals surface area contributed by atoms with Gasteiger partial charge in [0.15, 0.2) is 5.96 Å². The summed E-state index contributed by atoms with van der Waals surface area (Å²) in [6.07, 6.45) is 4.14. The molecule has 1 aliphatic rings. The minimum Gasteiger partial charge on any atom is -0.493 e. The van der Waals surface area contributed by atoms with Crippen molar-refractivity contribution in [2.75, 3.05) is 13.2 Å². The van der Waals surface area contributed by atoms with Gasteiger partial charge in [-0.15, -0.1) is 0 Å². The third-order valence-electron chi connectivity index (χ3n) is 4.07. The lowest BCUT2D eigenvalue weighted by Crippen LogP contribution is -2.36. The second-order valence-corrected chi connectivity index (χ2v) is 6.41. The van der Waals surface area contributed by atoms with Crippen molar-refractivity contribution in [1.82, 2.24) is 15.8 Å². The molecule has 25 heavy (non-hydrogen) atoms. The van der Waals surface area contributed by atoms with E-state index >= 15 is 0 Å². The number of guanidine groups is 1. The van der Waals surface area contributed by atoms with Crippen molar-refractivity contribution >= 4 is 5.96 Å². The van der Waals surface area contributed by atoms with E-state index < -0.39 is 0 Å². The second-order valence-electron chi connectivity index (χ2n) is 6.41. The van der Waals surface area contributed by atoms with Crippen LogP contribution in [0.2, 0.25) is 0 Å². The minimum absolute atomic E-state index is 0.564. The summed E-state index contributed by atoms with van der Waals surface area (Å²) in [6, 6.07) is 8.14. The first kappa shape index (κ1) is 17.3. The molecule has 0 radical (unpaired) electrons. The maximum absolute atomic E-state index is 6.02. The summed E-state index contributed by atoms with van der Waals surface area (Å²) < 4.78 is 10.9. The maximum atomic E-state index is 6.02. The monoisotopic (exact) mass is 342 g/mol. The Balaban J connectivity index is 1.64. The van der Waals surface area contributed by atoms with E-state index in [4.69, 9.17) is 9.26 Å². The Morgan fingerprint density at radius 1 is 1.32 bits per heavy atom. The maximum Gasteiger partial charge on any atom is 0.191 e. The highest BCUT2D eigenvalue weighted by Gasteiger charge is 2.22. The van der Waals surface area contributed by atoms with Crippen molar-refractivity contribution in [2.45, 2.75) is 39.8 Å². The van der Waals surface area contributed by atoms with Crippen LogP contribution in [0.5, 0.6) is 5.75 Å². The molecule has 1 fully saturated rings. The Morgan fingerprint density at radius 3 is 2.92 bits per heavy atom. The van der Waals surface area contributed by atoms with Crippen LogP contribution >= 0.6 is 0 Å². The predicted molar refractivity (Wildman–Crippen MR) is 97.6 cm³/mol. The molecule has 0 spiro atoms. The van der Waals surface area contributed by atoms with Gasteiger partial charge in [0, 0.05) is 18.2 Å². The van der Waals surface area contributed by atoms with Crippen LogP contribution in [-0.2, 0) is 13.1 Å². The molecule has 1 aliphatic carbocycles. The molecule has 3 rings (SSSR count). The number of benzene rings is 1. The fourth-order valence-electron chi connectivity index (χ4n) is 2.43. The summed E-state index contributed by atoms with van der Waals surface area (Å²) in [5.74, 6) is 2.43. The molecule has 1 aromatic heterocycles. The van der Waals surface area contributed by atoms with Crippen molar-refractivity contribution in [3.8, 4) is 5.75 Å². The molecule has 1 heterocycles. The van der Waals surface area contributed by atoms with E-state index in [0.29, 0.717) is 13.1 Å². The van der Waals surface area contributed by atoms with Crippen LogP contribution in [0.25, 0.3) is 0 Å². The van der Waals surface area contributed by atoms with Crippen LogP contribution in [-0.4, -0.2) is 24.3 Å². The number of nitrogens with zero attached hydrogens (tertiary/aromatic N) is 2. The van der Waals surface area contributed by atoms with Gasteiger partial charge in [-0.2, -0.15) is 0 Å². The van der Waals surface area contributed by atoms with Gasteiger partial charge in [-0.1, -0.05) is 17.3 Å². The van der Waals surface area contributed by atoms with Crippen LogP contribution < -0.4 is 15.4 Å². The fraction of sp³-hybridized carbons (Fsp3) is 0.474. The Labute approximate surface area is 148 Å². The number of aryl methyl sites for hydroxylation is 1. The molecule has 6 heteroatoms. The lowest BCUT2D eigenvalue weighted by molar-refractivity contribution is 0.296. The van der Waals surface area contributed by atoms with Gasteiger partial charge in [0.05, 0.1) is 19.7 Å². The summed E-state index contributed by atoms with van der Waals surface area (Å²) in [6.45, 7) is 6.87. The molecule has 0 saturated heterocycles. The van der Waals surface area contributed by atoms with Gasteiger partial charge < -0.3 is 19.9 Å². The standard InChI is InChI=1S/C19H26N4O2/c1-3-20-19(22-12-17-8-9-25-23-17)21-11-16-7-4-14(2)10-18(16)24-13-15-5-6-15/h4,7-10,15H,3,5-6,11-13H2,1-2H3,(H2,20,21,22). The first-order chi connectivity index (χ1) is 12.2. The third-order valence-corrected chi connectivity index (χ3v) is 4.07. The predicted octanol–water partition coefficient (Wildman–Crippen LogP) is 3.03.